The van der Waals surface area contributed by atoms with E-state index in [0.717, 1.165) is 34.2 Å². The van der Waals surface area contributed by atoms with Gasteiger partial charge in [0.15, 0.2) is 0 Å². The molecule has 2 aromatic heterocycles. The van der Waals surface area contributed by atoms with E-state index in [1.807, 2.05) is 12.1 Å². The normalized spacial score (nSPS) is 15.8. The first-order valence-electron chi connectivity index (χ1n) is 9.19. The fourth-order valence-corrected chi connectivity index (χ4v) is 5.38. The molecule has 0 fully saturated rings. The van der Waals surface area contributed by atoms with E-state index in [9.17, 15) is 9.59 Å². The third-order valence-corrected chi connectivity index (χ3v) is 6.76. The number of hydrogen-bond acceptors (Lipinski definition) is 6. The third-order valence-electron chi connectivity index (χ3n) is 5.10. The molecule has 1 aliphatic carbocycles. The number of methoxy groups -OCH3 is 1. The molecule has 1 atom stereocenters. The molecule has 0 radical (unpaired) electrons. The molecule has 150 valence electrons. The zero-order valence-electron chi connectivity index (χ0n) is 15.9. The van der Waals surface area contributed by atoms with Crippen molar-refractivity contribution in [2.24, 2.45) is 5.92 Å². The van der Waals surface area contributed by atoms with E-state index in [0.29, 0.717) is 27.5 Å². The molecule has 3 aromatic rings. The van der Waals surface area contributed by atoms with Crippen LogP contribution in [0.15, 0.2) is 33.2 Å². The highest BCUT2D eigenvalue weighted by molar-refractivity contribution is 9.10. The maximum atomic E-state index is 13.0. The highest BCUT2D eigenvalue weighted by Crippen LogP contribution is 2.40. The zero-order valence-corrected chi connectivity index (χ0v) is 18.3. The van der Waals surface area contributed by atoms with Crippen molar-refractivity contribution in [3.8, 4) is 0 Å². The fourth-order valence-electron chi connectivity index (χ4n) is 3.61. The number of carbonyl (C=O) groups is 2. The van der Waals surface area contributed by atoms with Crippen LogP contribution in [0.5, 0.6) is 0 Å². The van der Waals surface area contributed by atoms with Gasteiger partial charge >= 0.3 is 5.97 Å². The second kappa shape index (κ2) is 7.76. The van der Waals surface area contributed by atoms with E-state index < -0.39 is 11.9 Å². The Balaban J connectivity index is 1.73. The zero-order chi connectivity index (χ0) is 20.7. The largest absolute Gasteiger partial charge is 0.465 e. The van der Waals surface area contributed by atoms with Gasteiger partial charge in [-0.2, -0.15) is 0 Å². The minimum Gasteiger partial charge on any atom is -0.465 e. The van der Waals surface area contributed by atoms with Crippen LogP contribution >= 0.6 is 27.3 Å². The number of hydrogen-bond donors (Lipinski definition) is 2. The standard InChI is InChI=1S/C21H19BrN2O4S/c1-10-3-5-13-16(7-10)29-20(17(13)21(26)27-2)24-19(25)14-9-11-8-12(22)4-6-15(11)28-18(14)23/h4,6,8-10,23H,3,5,7H2,1-2H3,(H,24,25). The molecule has 2 N–H and O–H groups in total. The molecular formula is C21H19BrN2O4S. The Morgan fingerprint density at radius 2 is 2.14 bits per heavy atom. The maximum Gasteiger partial charge on any atom is 0.341 e. The van der Waals surface area contributed by atoms with Gasteiger partial charge in [0.05, 0.1) is 12.7 Å². The van der Waals surface area contributed by atoms with Gasteiger partial charge in [-0.3, -0.25) is 10.2 Å². The van der Waals surface area contributed by atoms with Crippen molar-refractivity contribution in [1.82, 2.24) is 0 Å². The summed E-state index contributed by atoms with van der Waals surface area (Å²) >= 11 is 4.81. The Bertz CT molecular complexity index is 1200. The number of ether oxygens (including phenoxy) is 1. The summed E-state index contributed by atoms with van der Waals surface area (Å²) in [6.45, 7) is 2.18. The van der Waals surface area contributed by atoms with Gasteiger partial charge in [-0.05, 0) is 55.0 Å². The van der Waals surface area contributed by atoms with Gasteiger partial charge in [0.2, 0.25) is 5.55 Å². The Kier molecular flexibility index (Phi) is 5.31. The molecule has 0 spiro atoms. The van der Waals surface area contributed by atoms with Gasteiger partial charge in [0.25, 0.3) is 5.91 Å². The number of halogens is 1. The molecule has 1 unspecified atom stereocenters. The molecule has 2 heterocycles. The predicted octanol–water partition coefficient (Wildman–Crippen LogP) is 4.90. The van der Waals surface area contributed by atoms with Crippen LogP contribution in [-0.2, 0) is 17.6 Å². The Morgan fingerprint density at radius 1 is 1.34 bits per heavy atom. The Hall–Kier alpha value is -2.45. The van der Waals surface area contributed by atoms with E-state index in [4.69, 9.17) is 14.6 Å². The number of anilines is 1. The summed E-state index contributed by atoms with van der Waals surface area (Å²) in [7, 11) is 1.34. The fraction of sp³-hybridized carbons (Fsp3) is 0.286. The van der Waals surface area contributed by atoms with Crippen molar-refractivity contribution in [3.63, 3.8) is 0 Å². The summed E-state index contributed by atoms with van der Waals surface area (Å²) in [4.78, 5) is 26.5. The lowest BCUT2D eigenvalue weighted by molar-refractivity contribution is 0.0601. The molecule has 0 aliphatic heterocycles. The van der Waals surface area contributed by atoms with Crippen LogP contribution in [0.4, 0.5) is 5.00 Å². The minimum absolute atomic E-state index is 0.103. The molecule has 0 saturated carbocycles. The van der Waals surface area contributed by atoms with Crippen LogP contribution in [0.3, 0.4) is 0 Å². The summed E-state index contributed by atoms with van der Waals surface area (Å²) in [6.07, 6.45) is 2.66. The Labute approximate surface area is 179 Å². The number of benzene rings is 1. The molecule has 1 aliphatic rings. The lowest BCUT2D eigenvalue weighted by Crippen LogP contribution is -2.21. The molecule has 29 heavy (non-hydrogen) atoms. The minimum atomic E-state index is -0.488. The van der Waals surface area contributed by atoms with Crippen LogP contribution in [0.2, 0.25) is 0 Å². The molecule has 8 heteroatoms. The van der Waals surface area contributed by atoms with Crippen molar-refractivity contribution in [2.75, 3.05) is 12.4 Å². The monoisotopic (exact) mass is 474 g/mol. The Morgan fingerprint density at radius 3 is 2.90 bits per heavy atom. The SMILES string of the molecule is COC(=O)c1c(NC(=O)c2cc3cc(Br)ccc3oc2=N)sc2c1CCC(C)C2. The molecule has 0 bridgehead atoms. The average molecular weight is 475 g/mol. The lowest BCUT2D eigenvalue weighted by Gasteiger charge is -2.18. The summed E-state index contributed by atoms with van der Waals surface area (Å²) in [5.74, 6) is -0.407. The smallest absolute Gasteiger partial charge is 0.341 e. The second-order valence-corrected chi connectivity index (χ2v) is 9.19. The van der Waals surface area contributed by atoms with E-state index in [1.54, 1.807) is 12.1 Å². The molecular weight excluding hydrogens is 456 g/mol. The highest BCUT2D eigenvalue weighted by atomic mass is 79.9. The van der Waals surface area contributed by atoms with Gasteiger partial charge in [0, 0.05) is 14.7 Å². The number of nitrogens with one attached hydrogen (secondary N) is 2. The summed E-state index contributed by atoms with van der Waals surface area (Å²) in [5, 5.41) is 12.1. The average Bonchev–Trinajstić information content (AvgIpc) is 3.03. The van der Waals surface area contributed by atoms with E-state index in [1.165, 1.54) is 18.4 Å². The number of carbonyl (C=O) groups excluding carboxylic acids is 2. The van der Waals surface area contributed by atoms with Crippen LogP contribution in [0.1, 0.15) is 44.5 Å². The molecule has 1 aromatic carbocycles. The summed E-state index contributed by atoms with van der Waals surface area (Å²) in [5.41, 5.74) is 1.79. The van der Waals surface area contributed by atoms with Crippen LogP contribution in [0, 0.1) is 11.3 Å². The van der Waals surface area contributed by atoms with Gasteiger partial charge in [-0.15, -0.1) is 11.3 Å². The molecule has 4 rings (SSSR count). The first-order chi connectivity index (χ1) is 13.9. The summed E-state index contributed by atoms with van der Waals surface area (Å²) < 4.78 is 11.3. The number of fused-ring (bicyclic) bond motifs is 2. The second-order valence-electron chi connectivity index (χ2n) is 7.17. The van der Waals surface area contributed by atoms with Crippen molar-refractivity contribution >= 4 is 55.1 Å². The number of esters is 1. The number of amides is 1. The molecule has 1 amide bonds. The maximum absolute atomic E-state index is 13.0. The van der Waals surface area contributed by atoms with Crippen molar-refractivity contribution in [1.29, 1.82) is 5.41 Å². The number of thiophene rings is 1. The van der Waals surface area contributed by atoms with Gasteiger partial charge in [-0.25, -0.2) is 4.79 Å². The van der Waals surface area contributed by atoms with E-state index >= 15 is 0 Å². The van der Waals surface area contributed by atoms with Gasteiger partial charge in [0.1, 0.15) is 16.1 Å². The number of rotatable bonds is 3. The van der Waals surface area contributed by atoms with Crippen molar-refractivity contribution in [2.45, 2.75) is 26.2 Å². The molecule has 0 saturated heterocycles. The van der Waals surface area contributed by atoms with Crippen LogP contribution in [0.25, 0.3) is 11.0 Å². The van der Waals surface area contributed by atoms with Gasteiger partial charge in [-0.1, -0.05) is 22.9 Å². The van der Waals surface area contributed by atoms with E-state index in [2.05, 4.69) is 28.2 Å². The van der Waals surface area contributed by atoms with Gasteiger partial charge < -0.3 is 14.5 Å². The topological polar surface area (TPSA) is 92.4 Å². The third kappa shape index (κ3) is 3.74. The predicted molar refractivity (Wildman–Crippen MR) is 115 cm³/mol. The quantitative estimate of drug-likeness (QED) is 0.527. The van der Waals surface area contributed by atoms with Crippen molar-refractivity contribution in [3.05, 3.63) is 55.9 Å². The van der Waals surface area contributed by atoms with Crippen LogP contribution in [-0.4, -0.2) is 19.0 Å². The van der Waals surface area contributed by atoms with Crippen LogP contribution < -0.4 is 10.9 Å². The highest BCUT2D eigenvalue weighted by Gasteiger charge is 2.29. The first-order valence-corrected chi connectivity index (χ1v) is 10.8. The summed E-state index contributed by atoms with van der Waals surface area (Å²) in [6, 6.07) is 6.99. The first kappa shape index (κ1) is 19.8. The molecule has 6 nitrogen and oxygen atoms in total. The van der Waals surface area contributed by atoms with E-state index in [-0.39, 0.29) is 11.1 Å². The lowest BCUT2D eigenvalue weighted by atomic mass is 9.88. The van der Waals surface area contributed by atoms with Crippen molar-refractivity contribution < 1.29 is 18.7 Å².